The van der Waals surface area contributed by atoms with Gasteiger partial charge in [-0.1, -0.05) is 36.0 Å². The summed E-state index contributed by atoms with van der Waals surface area (Å²) in [5, 5.41) is 2.16. The molecular formula is C31H24F3N5O2S. The minimum absolute atomic E-state index is 0.00991. The van der Waals surface area contributed by atoms with E-state index in [9.17, 15) is 18.0 Å². The molecule has 0 spiro atoms. The number of para-hydroxylation sites is 1. The number of nitrogens with zero attached hydrogens (tertiary/aromatic N) is 5. The number of rotatable bonds is 5. The number of anilines is 1. The van der Waals surface area contributed by atoms with Gasteiger partial charge in [-0.25, -0.2) is 15.0 Å². The van der Waals surface area contributed by atoms with E-state index in [4.69, 9.17) is 0 Å². The molecule has 0 aliphatic carbocycles. The lowest BCUT2D eigenvalue weighted by atomic mass is 10.1. The van der Waals surface area contributed by atoms with Gasteiger partial charge in [0.2, 0.25) is 5.91 Å². The first kappa shape index (κ1) is 27.5. The molecule has 5 aromatic rings. The van der Waals surface area contributed by atoms with Gasteiger partial charge >= 0.3 is 6.36 Å². The topological polar surface area (TPSA) is 72.1 Å². The van der Waals surface area contributed by atoms with E-state index < -0.39 is 6.36 Å². The second kappa shape index (κ2) is 10.6. The van der Waals surface area contributed by atoms with Crippen LogP contribution in [0.2, 0.25) is 0 Å². The molecule has 0 N–H and O–H groups in total. The fraction of sp³-hybridized carbons (Fsp3) is 0.161. The number of alkyl halides is 3. The standard InChI is InChI=1S/C31H24F3N5O2S/c1-18-5-4-6-19(2)28(18)39-29(40)20(3)42-30(39)36-16-35-22-8-13-25-21(15-22)7-14-26-27(25)37-17-38(26)23-9-11-24(12-10-23)41-31(32,33)34/h4-17,20H,1-3H3. The molecule has 2 heterocycles. The van der Waals surface area contributed by atoms with Gasteiger partial charge < -0.3 is 4.74 Å². The van der Waals surface area contributed by atoms with Crippen molar-refractivity contribution in [3.63, 3.8) is 0 Å². The molecule has 6 rings (SSSR count). The van der Waals surface area contributed by atoms with E-state index in [-0.39, 0.29) is 16.9 Å². The van der Waals surface area contributed by atoms with Crippen molar-refractivity contribution in [3.8, 4) is 11.4 Å². The van der Waals surface area contributed by atoms with Crippen molar-refractivity contribution in [2.45, 2.75) is 32.4 Å². The lowest BCUT2D eigenvalue weighted by Crippen LogP contribution is -2.32. The van der Waals surface area contributed by atoms with Crippen molar-refractivity contribution in [1.82, 2.24) is 9.55 Å². The number of imidazole rings is 1. The minimum Gasteiger partial charge on any atom is -0.406 e. The van der Waals surface area contributed by atoms with Gasteiger partial charge in [0, 0.05) is 11.1 Å². The molecule has 1 aliphatic heterocycles. The van der Waals surface area contributed by atoms with E-state index in [0.29, 0.717) is 16.5 Å². The molecular weight excluding hydrogens is 563 g/mol. The summed E-state index contributed by atoms with van der Waals surface area (Å²) in [6, 6.07) is 21.1. The van der Waals surface area contributed by atoms with E-state index in [2.05, 4.69) is 19.7 Å². The summed E-state index contributed by atoms with van der Waals surface area (Å²) in [5.41, 5.74) is 5.74. The van der Waals surface area contributed by atoms with Gasteiger partial charge in [0.05, 0.1) is 27.7 Å². The lowest BCUT2D eigenvalue weighted by Gasteiger charge is -2.20. The first-order valence-corrected chi connectivity index (χ1v) is 13.9. The quantitative estimate of drug-likeness (QED) is 0.155. The van der Waals surface area contributed by atoms with Gasteiger partial charge in [0.25, 0.3) is 0 Å². The Hall–Kier alpha value is -4.64. The van der Waals surface area contributed by atoms with Crippen LogP contribution in [-0.2, 0) is 4.79 Å². The van der Waals surface area contributed by atoms with E-state index in [0.717, 1.165) is 38.6 Å². The van der Waals surface area contributed by atoms with Crippen molar-refractivity contribution >= 4 is 62.4 Å². The van der Waals surface area contributed by atoms with Crippen molar-refractivity contribution in [1.29, 1.82) is 0 Å². The predicted octanol–water partition coefficient (Wildman–Crippen LogP) is 7.88. The molecule has 1 atom stereocenters. The minimum atomic E-state index is -4.74. The van der Waals surface area contributed by atoms with Gasteiger partial charge in [0.1, 0.15) is 18.4 Å². The molecule has 0 radical (unpaired) electrons. The fourth-order valence-electron chi connectivity index (χ4n) is 5.03. The highest BCUT2D eigenvalue weighted by molar-refractivity contribution is 8.16. The first-order valence-electron chi connectivity index (χ1n) is 13.0. The maximum Gasteiger partial charge on any atom is 0.573 e. The maximum absolute atomic E-state index is 13.0. The molecule has 1 saturated heterocycles. The highest BCUT2D eigenvalue weighted by Gasteiger charge is 2.37. The van der Waals surface area contributed by atoms with Crippen LogP contribution < -0.4 is 9.64 Å². The number of amides is 1. The molecule has 1 aromatic heterocycles. The highest BCUT2D eigenvalue weighted by Crippen LogP contribution is 2.36. The smallest absolute Gasteiger partial charge is 0.406 e. The number of hydrogen-bond acceptors (Lipinski definition) is 5. The Morgan fingerprint density at radius 3 is 2.45 bits per heavy atom. The number of benzene rings is 4. The van der Waals surface area contributed by atoms with Gasteiger partial charge in [0.15, 0.2) is 5.17 Å². The monoisotopic (exact) mass is 587 g/mol. The second-order valence-corrected chi connectivity index (χ2v) is 11.1. The number of carbonyl (C=O) groups is 1. The third kappa shape index (κ3) is 5.23. The molecule has 0 saturated carbocycles. The Kier molecular flexibility index (Phi) is 6.97. The molecule has 1 amide bonds. The van der Waals surface area contributed by atoms with Crippen LogP contribution >= 0.6 is 11.8 Å². The average molecular weight is 588 g/mol. The number of carbonyl (C=O) groups excluding carboxylic acids is 1. The lowest BCUT2D eigenvalue weighted by molar-refractivity contribution is -0.274. The summed E-state index contributed by atoms with van der Waals surface area (Å²) in [4.78, 5) is 28.3. The SMILES string of the molecule is Cc1cccc(C)c1N1C(=O)C(C)SC1=NC=Nc1ccc2c(ccc3c2ncn3-c2ccc(OC(F)(F)F)cc2)c1. The normalized spacial score (nSPS) is 16.9. The molecule has 1 unspecified atom stereocenters. The number of aliphatic imine (C=N–C) groups is 2. The Morgan fingerprint density at radius 2 is 1.74 bits per heavy atom. The highest BCUT2D eigenvalue weighted by atomic mass is 32.2. The Bertz CT molecular complexity index is 1880. The van der Waals surface area contributed by atoms with E-state index in [1.54, 1.807) is 27.9 Å². The molecule has 42 heavy (non-hydrogen) atoms. The van der Waals surface area contributed by atoms with Crippen LogP contribution in [0, 0.1) is 13.8 Å². The van der Waals surface area contributed by atoms with E-state index in [1.165, 1.54) is 30.2 Å². The zero-order valence-corrected chi connectivity index (χ0v) is 23.6. The molecule has 1 fully saturated rings. The summed E-state index contributed by atoms with van der Waals surface area (Å²) in [6.07, 6.45) is -1.64. The molecule has 7 nitrogen and oxygen atoms in total. The second-order valence-electron chi connectivity index (χ2n) is 9.83. The van der Waals surface area contributed by atoms with Crippen molar-refractivity contribution in [2.75, 3.05) is 4.90 Å². The third-order valence-electron chi connectivity index (χ3n) is 6.94. The zero-order valence-electron chi connectivity index (χ0n) is 22.8. The number of amidine groups is 1. The first-order chi connectivity index (χ1) is 20.1. The number of aromatic nitrogens is 2. The van der Waals surface area contributed by atoms with Gasteiger partial charge in [-0.2, -0.15) is 0 Å². The summed E-state index contributed by atoms with van der Waals surface area (Å²) in [7, 11) is 0. The van der Waals surface area contributed by atoms with Crippen LogP contribution in [0.4, 0.5) is 24.5 Å². The Labute approximate surface area is 243 Å². The molecule has 11 heteroatoms. The fourth-order valence-corrected chi connectivity index (χ4v) is 5.94. The van der Waals surface area contributed by atoms with Crippen LogP contribution in [0.25, 0.3) is 27.5 Å². The predicted molar refractivity (Wildman–Crippen MR) is 161 cm³/mol. The average Bonchev–Trinajstić information content (AvgIpc) is 3.49. The Morgan fingerprint density at radius 1 is 1.00 bits per heavy atom. The van der Waals surface area contributed by atoms with Crippen LogP contribution in [0.1, 0.15) is 18.1 Å². The van der Waals surface area contributed by atoms with Crippen molar-refractivity contribution in [2.24, 2.45) is 9.98 Å². The van der Waals surface area contributed by atoms with Crippen LogP contribution in [0.3, 0.4) is 0 Å². The summed E-state index contributed by atoms with van der Waals surface area (Å²) in [6.45, 7) is 5.83. The number of halogens is 3. The molecule has 1 aliphatic rings. The number of aryl methyl sites for hydroxylation is 2. The Balaban J connectivity index is 1.27. The number of thioether (sulfide) groups is 1. The van der Waals surface area contributed by atoms with Crippen molar-refractivity contribution in [3.05, 3.63) is 90.3 Å². The van der Waals surface area contributed by atoms with Crippen molar-refractivity contribution < 1.29 is 22.7 Å². The number of ether oxygens (including phenoxy) is 1. The molecule has 212 valence electrons. The van der Waals surface area contributed by atoms with Gasteiger partial charge in [-0.05, 0) is 85.8 Å². The third-order valence-corrected chi connectivity index (χ3v) is 8.00. The van der Waals surface area contributed by atoms with E-state index in [1.807, 2.05) is 69.3 Å². The maximum atomic E-state index is 13.0. The van der Waals surface area contributed by atoms with Crippen LogP contribution in [0.15, 0.2) is 89.1 Å². The molecule has 4 aromatic carbocycles. The number of hydrogen-bond donors (Lipinski definition) is 0. The number of fused-ring (bicyclic) bond motifs is 3. The van der Waals surface area contributed by atoms with Crippen LogP contribution in [0.5, 0.6) is 5.75 Å². The van der Waals surface area contributed by atoms with Crippen LogP contribution in [-0.4, -0.2) is 38.6 Å². The zero-order chi connectivity index (χ0) is 29.6. The summed E-state index contributed by atoms with van der Waals surface area (Å²) >= 11 is 1.40. The van der Waals surface area contributed by atoms with E-state index >= 15 is 0 Å². The van der Waals surface area contributed by atoms with Gasteiger partial charge in [-0.15, -0.1) is 13.2 Å². The van der Waals surface area contributed by atoms with Gasteiger partial charge in [-0.3, -0.25) is 14.3 Å². The largest absolute Gasteiger partial charge is 0.573 e. The summed E-state index contributed by atoms with van der Waals surface area (Å²) in [5.74, 6) is -0.297. The summed E-state index contributed by atoms with van der Waals surface area (Å²) < 4.78 is 43.3. The molecule has 0 bridgehead atoms.